The van der Waals surface area contributed by atoms with Crippen LogP contribution in [0.3, 0.4) is 0 Å². The van der Waals surface area contributed by atoms with E-state index in [9.17, 15) is 9.90 Å². The average molecular weight is 440 g/mol. The molecule has 158 valence electrons. The number of aromatic nitrogens is 2. The highest BCUT2D eigenvalue weighted by molar-refractivity contribution is 7.19. The van der Waals surface area contributed by atoms with Crippen LogP contribution in [0.4, 0.5) is 0 Å². The van der Waals surface area contributed by atoms with Gasteiger partial charge in [0.2, 0.25) is 0 Å². The van der Waals surface area contributed by atoms with Gasteiger partial charge in [0.25, 0.3) is 5.91 Å². The van der Waals surface area contributed by atoms with Gasteiger partial charge >= 0.3 is 0 Å². The summed E-state index contributed by atoms with van der Waals surface area (Å²) in [4.78, 5) is 28.6. The number of fused-ring (bicyclic) bond motifs is 1. The molecule has 2 fully saturated rings. The minimum absolute atomic E-state index is 0.0405. The second-order valence-corrected chi connectivity index (χ2v) is 9.56. The van der Waals surface area contributed by atoms with Gasteiger partial charge < -0.3 is 14.7 Å². The molecular weight excluding hydrogens is 414 g/mol. The minimum Gasteiger partial charge on any atom is -0.381 e. The number of ether oxygens (including phenoxy) is 1. The molecule has 4 heterocycles. The highest BCUT2D eigenvalue weighted by atomic mass is 35.5. The quantitative estimate of drug-likeness (QED) is 0.723. The lowest BCUT2D eigenvalue weighted by molar-refractivity contribution is -0.151. The molecule has 0 radical (unpaired) electrons. The van der Waals surface area contributed by atoms with E-state index in [1.54, 1.807) is 22.6 Å². The number of carbonyl (C=O) groups is 1. The van der Waals surface area contributed by atoms with Crippen LogP contribution in [0.5, 0.6) is 0 Å². The van der Waals surface area contributed by atoms with Crippen LogP contribution < -0.4 is 0 Å². The van der Waals surface area contributed by atoms with Crippen LogP contribution in [0.2, 0.25) is 0 Å². The molecule has 2 aliphatic heterocycles. The SMILES string of the molecule is CC(C)(O)C(=O)N1CCN(C(c2cc3ncncc3s2)N2CCOC(Cl)C2)CC1. The third kappa shape index (κ3) is 4.55. The van der Waals surface area contributed by atoms with Crippen molar-refractivity contribution < 1.29 is 14.6 Å². The first-order chi connectivity index (χ1) is 13.8. The standard InChI is InChI=1S/C19H26ClN5O3S/c1-19(2,27)18(26)24-5-3-23(4-6-24)17(25-7-8-28-16(20)11-25)14-9-13-15(29-14)10-21-12-22-13/h9-10,12,16-17,27H,3-8,11H2,1-2H3. The van der Waals surface area contributed by atoms with Gasteiger partial charge in [-0.25, -0.2) is 9.97 Å². The summed E-state index contributed by atoms with van der Waals surface area (Å²) in [6.45, 7) is 7.69. The third-order valence-electron chi connectivity index (χ3n) is 5.34. The van der Waals surface area contributed by atoms with Gasteiger partial charge in [-0.3, -0.25) is 14.6 Å². The van der Waals surface area contributed by atoms with E-state index in [0.717, 1.165) is 29.9 Å². The van der Waals surface area contributed by atoms with E-state index >= 15 is 0 Å². The molecule has 2 aliphatic rings. The maximum absolute atomic E-state index is 12.4. The Balaban J connectivity index is 1.57. The lowest BCUT2D eigenvalue weighted by Crippen LogP contribution is -2.57. The van der Waals surface area contributed by atoms with Gasteiger partial charge in [-0.1, -0.05) is 11.6 Å². The number of aliphatic hydroxyl groups is 1. The topological polar surface area (TPSA) is 82.0 Å². The van der Waals surface area contributed by atoms with Crippen LogP contribution in [0, 0.1) is 0 Å². The van der Waals surface area contributed by atoms with Crippen LogP contribution >= 0.6 is 22.9 Å². The molecule has 1 amide bonds. The zero-order chi connectivity index (χ0) is 20.6. The molecule has 0 aromatic carbocycles. The predicted octanol–water partition coefficient (Wildman–Crippen LogP) is 1.50. The monoisotopic (exact) mass is 439 g/mol. The first kappa shape index (κ1) is 20.9. The summed E-state index contributed by atoms with van der Waals surface area (Å²) in [7, 11) is 0. The molecule has 2 unspecified atom stereocenters. The first-order valence-corrected chi connectivity index (χ1v) is 11.0. The summed E-state index contributed by atoms with van der Waals surface area (Å²) in [6.07, 6.45) is 3.45. The van der Waals surface area contributed by atoms with Gasteiger partial charge in [-0.05, 0) is 19.9 Å². The summed E-state index contributed by atoms with van der Waals surface area (Å²) in [5.74, 6) is -0.224. The van der Waals surface area contributed by atoms with Crippen molar-refractivity contribution >= 4 is 39.1 Å². The van der Waals surface area contributed by atoms with E-state index in [1.165, 1.54) is 18.7 Å². The Hall–Kier alpha value is -1.36. The fourth-order valence-electron chi connectivity index (χ4n) is 3.93. The van der Waals surface area contributed by atoms with Crippen LogP contribution in [-0.4, -0.2) is 92.7 Å². The molecule has 2 atom stereocenters. The van der Waals surface area contributed by atoms with Crippen molar-refractivity contribution in [1.82, 2.24) is 24.7 Å². The molecule has 0 saturated carbocycles. The Morgan fingerprint density at radius 3 is 2.72 bits per heavy atom. The lowest BCUT2D eigenvalue weighted by atomic mass is 10.1. The van der Waals surface area contributed by atoms with E-state index in [4.69, 9.17) is 16.3 Å². The molecule has 0 bridgehead atoms. The Morgan fingerprint density at radius 1 is 1.31 bits per heavy atom. The van der Waals surface area contributed by atoms with Crippen LogP contribution in [-0.2, 0) is 9.53 Å². The van der Waals surface area contributed by atoms with Gasteiger partial charge in [0.1, 0.15) is 17.5 Å². The highest BCUT2D eigenvalue weighted by Gasteiger charge is 2.37. The Morgan fingerprint density at radius 2 is 2.07 bits per heavy atom. The van der Waals surface area contributed by atoms with Crippen molar-refractivity contribution in [2.45, 2.75) is 31.2 Å². The van der Waals surface area contributed by atoms with Gasteiger partial charge in [0.15, 0.2) is 0 Å². The number of alkyl halides is 1. The molecule has 10 heteroatoms. The summed E-state index contributed by atoms with van der Waals surface area (Å²) in [6, 6.07) is 2.12. The zero-order valence-corrected chi connectivity index (χ0v) is 18.2. The smallest absolute Gasteiger partial charge is 0.254 e. The van der Waals surface area contributed by atoms with Crippen molar-refractivity contribution in [3.05, 3.63) is 23.5 Å². The van der Waals surface area contributed by atoms with Gasteiger partial charge in [0.05, 0.1) is 23.0 Å². The number of carbonyl (C=O) groups excluding carboxylic acids is 1. The van der Waals surface area contributed by atoms with Gasteiger partial charge in [0, 0.05) is 50.3 Å². The summed E-state index contributed by atoms with van der Waals surface area (Å²) < 4.78 is 6.59. The number of rotatable bonds is 4. The number of amides is 1. The maximum Gasteiger partial charge on any atom is 0.254 e. The number of hydrogen-bond acceptors (Lipinski definition) is 8. The van der Waals surface area contributed by atoms with Crippen molar-refractivity contribution in [2.75, 3.05) is 45.9 Å². The summed E-state index contributed by atoms with van der Waals surface area (Å²) in [5, 5.41) is 10.1. The van der Waals surface area contributed by atoms with Crippen molar-refractivity contribution in [1.29, 1.82) is 0 Å². The number of morpholine rings is 1. The zero-order valence-electron chi connectivity index (χ0n) is 16.6. The molecule has 29 heavy (non-hydrogen) atoms. The molecule has 2 saturated heterocycles. The molecule has 8 nitrogen and oxygen atoms in total. The van der Waals surface area contributed by atoms with Crippen molar-refractivity contribution in [3.8, 4) is 0 Å². The number of piperazine rings is 1. The number of hydrogen-bond donors (Lipinski definition) is 1. The summed E-state index contributed by atoms with van der Waals surface area (Å²) in [5.41, 5.74) is -0.739. The molecular formula is C19H26ClN5O3S. The largest absolute Gasteiger partial charge is 0.381 e. The highest BCUT2D eigenvalue weighted by Crippen LogP contribution is 2.35. The van der Waals surface area contributed by atoms with E-state index in [1.807, 2.05) is 6.20 Å². The normalized spacial score (nSPS) is 23.4. The number of halogens is 1. The van der Waals surface area contributed by atoms with Gasteiger partial charge in [-0.15, -0.1) is 11.3 Å². The van der Waals surface area contributed by atoms with E-state index < -0.39 is 5.60 Å². The van der Waals surface area contributed by atoms with Crippen molar-refractivity contribution in [2.24, 2.45) is 0 Å². The van der Waals surface area contributed by atoms with E-state index in [0.29, 0.717) is 26.2 Å². The third-order valence-corrected chi connectivity index (χ3v) is 6.70. The minimum atomic E-state index is -1.35. The van der Waals surface area contributed by atoms with Crippen LogP contribution in [0.15, 0.2) is 18.6 Å². The Kier molecular flexibility index (Phi) is 6.06. The number of thiophene rings is 1. The maximum atomic E-state index is 12.4. The van der Waals surface area contributed by atoms with E-state index in [2.05, 4.69) is 25.8 Å². The molecule has 0 spiro atoms. The number of nitrogens with zero attached hydrogens (tertiary/aromatic N) is 5. The fourth-order valence-corrected chi connectivity index (χ4v) is 5.35. The van der Waals surface area contributed by atoms with Crippen molar-refractivity contribution in [3.63, 3.8) is 0 Å². The second kappa shape index (κ2) is 8.41. The first-order valence-electron chi connectivity index (χ1n) is 9.78. The lowest BCUT2D eigenvalue weighted by Gasteiger charge is -2.45. The summed E-state index contributed by atoms with van der Waals surface area (Å²) >= 11 is 7.99. The van der Waals surface area contributed by atoms with E-state index in [-0.39, 0.29) is 17.6 Å². The molecule has 1 N–H and O–H groups in total. The molecule has 0 aliphatic carbocycles. The average Bonchev–Trinajstić information content (AvgIpc) is 3.11. The van der Waals surface area contributed by atoms with Crippen LogP contribution in [0.1, 0.15) is 24.9 Å². The predicted molar refractivity (Wildman–Crippen MR) is 112 cm³/mol. The second-order valence-electron chi connectivity index (χ2n) is 7.96. The molecule has 4 rings (SSSR count). The molecule has 2 aromatic heterocycles. The van der Waals surface area contributed by atoms with Gasteiger partial charge in [-0.2, -0.15) is 0 Å². The fraction of sp³-hybridized carbons (Fsp3) is 0.632. The Labute approximate surface area is 179 Å². The molecule has 2 aromatic rings. The Bertz CT molecular complexity index is 832. The van der Waals surface area contributed by atoms with Crippen LogP contribution in [0.25, 0.3) is 10.2 Å².